The molecule has 2 aromatic carbocycles. The van der Waals surface area contributed by atoms with Gasteiger partial charge in [0, 0.05) is 24.3 Å². The SMILES string of the molecule is CCCCN(CC)C(=O)c1ccc2c(c1)nc(C)n2-c1ccccc1. The van der Waals surface area contributed by atoms with E-state index in [1.807, 2.05) is 55.1 Å². The van der Waals surface area contributed by atoms with Gasteiger partial charge in [-0.25, -0.2) is 4.98 Å². The summed E-state index contributed by atoms with van der Waals surface area (Å²) in [6, 6.07) is 16.0. The van der Waals surface area contributed by atoms with Gasteiger partial charge in [-0.2, -0.15) is 0 Å². The maximum absolute atomic E-state index is 12.8. The van der Waals surface area contributed by atoms with Crippen molar-refractivity contribution in [2.45, 2.75) is 33.6 Å². The molecule has 3 aromatic rings. The van der Waals surface area contributed by atoms with Crippen molar-refractivity contribution in [1.82, 2.24) is 14.5 Å². The van der Waals surface area contributed by atoms with Crippen molar-refractivity contribution in [2.75, 3.05) is 13.1 Å². The van der Waals surface area contributed by atoms with Crippen LogP contribution in [0.5, 0.6) is 0 Å². The van der Waals surface area contributed by atoms with E-state index >= 15 is 0 Å². The molecule has 3 rings (SSSR count). The number of para-hydroxylation sites is 1. The Balaban J connectivity index is 1.98. The molecule has 4 nitrogen and oxygen atoms in total. The van der Waals surface area contributed by atoms with Crippen LogP contribution in [0.25, 0.3) is 16.7 Å². The Morgan fingerprint density at radius 1 is 1.12 bits per heavy atom. The summed E-state index contributed by atoms with van der Waals surface area (Å²) >= 11 is 0. The van der Waals surface area contributed by atoms with E-state index in [1.54, 1.807) is 0 Å². The highest BCUT2D eigenvalue weighted by atomic mass is 16.2. The second kappa shape index (κ2) is 7.51. The van der Waals surface area contributed by atoms with Gasteiger partial charge in [-0.15, -0.1) is 0 Å². The van der Waals surface area contributed by atoms with Crippen LogP contribution >= 0.6 is 0 Å². The predicted octanol–water partition coefficient (Wildman–Crippen LogP) is 4.60. The normalized spacial score (nSPS) is 11.0. The van der Waals surface area contributed by atoms with Crippen molar-refractivity contribution >= 4 is 16.9 Å². The number of nitrogens with zero attached hydrogens (tertiary/aromatic N) is 3. The third kappa shape index (κ3) is 3.43. The van der Waals surface area contributed by atoms with Gasteiger partial charge in [-0.3, -0.25) is 9.36 Å². The summed E-state index contributed by atoms with van der Waals surface area (Å²) in [6.45, 7) is 7.70. The van der Waals surface area contributed by atoms with Gasteiger partial charge in [0.2, 0.25) is 0 Å². The number of carbonyl (C=O) groups is 1. The minimum absolute atomic E-state index is 0.0877. The lowest BCUT2D eigenvalue weighted by Gasteiger charge is -2.20. The van der Waals surface area contributed by atoms with Gasteiger partial charge < -0.3 is 4.90 Å². The lowest BCUT2D eigenvalue weighted by molar-refractivity contribution is 0.0762. The second-order valence-electron chi connectivity index (χ2n) is 6.27. The predicted molar refractivity (Wildman–Crippen MR) is 102 cm³/mol. The van der Waals surface area contributed by atoms with Crippen LogP contribution in [0, 0.1) is 6.92 Å². The number of hydrogen-bond acceptors (Lipinski definition) is 2. The van der Waals surface area contributed by atoms with E-state index in [0.29, 0.717) is 5.56 Å². The van der Waals surface area contributed by atoms with Crippen LogP contribution in [0.4, 0.5) is 0 Å². The molecule has 130 valence electrons. The monoisotopic (exact) mass is 335 g/mol. The molecule has 1 amide bonds. The van der Waals surface area contributed by atoms with Gasteiger partial charge in [0.05, 0.1) is 11.0 Å². The summed E-state index contributed by atoms with van der Waals surface area (Å²) in [5.74, 6) is 1.01. The lowest BCUT2D eigenvalue weighted by Crippen LogP contribution is -2.31. The van der Waals surface area contributed by atoms with Gasteiger partial charge in [-0.1, -0.05) is 31.5 Å². The molecule has 0 aliphatic carbocycles. The third-order valence-electron chi connectivity index (χ3n) is 4.53. The number of amides is 1. The fraction of sp³-hybridized carbons (Fsp3) is 0.333. The zero-order valence-electron chi connectivity index (χ0n) is 15.2. The Kier molecular flexibility index (Phi) is 5.17. The first kappa shape index (κ1) is 17.2. The molecule has 0 aliphatic rings. The zero-order chi connectivity index (χ0) is 17.8. The molecule has 4 heteroatoms. The van der Waals surface area contributed by atoms with Crippen molar-refractivity contribution in [3.63, 3.8) is 0 Å². The summed E-state index contributed by atoms with van der Waals surface area (Å²) in [5.41, 5.74) is 3.68. The maximum Gasteiger partial charge on any atom is 0.253 e. The van der Waals surface area contributed by atoms with Gasteiger partial charge in [0.25, 0.3) is 5.91 Å². The standard InChI is InChI=1S/C21H25N3O/c1-4-6-14-23(5-2)21(25)17-12-13-20-19(15-17)22-16(3)24(20)18-10-8-7-9-11-18/h7-13,15H,4-6,14H2,1-3H3. The number of benzene rings is 2. The molecule has 0 fully saturated rings. The molecule has 0 spiro atoms. The molecule has 1 aromatic heterocycles. The Labute approximate surface area is 149 Å². The molecule has 0 atom stereocenters. The van der Waals surface area contributed by atoms with E-state index in [9.17, 15) is 4.79 Å². The van der Waals surface area contributed by atoms with Crippen molar-refractivity contribution < 1.29 is 4.79 Å². The van der Waals surface area contributed by atoms with E-state index < -0.39 is 0 Å². The highest BCUT2D eigenvalue weighted by molar-refractivity contribution is 5.97. The average Bonchev–Trinajstić information content (AvgIpc) is 2.97. The minimum Gasteiger partial charge on any atom is -0.339 e. The van der Waals surface area contributed by atoms with Crippen LogP contribution in [0.2, 0.25) is 0 Å². The van der Waals surface area contributed by atoms with Crippen LogP contribution in [-0.4, -0.2) is 33.4 Å². The quantitative estimate of drug-likeness (QED) is 0.660. The number of aromatic nitrogens is 2. The van der Waals surface area contributed by atoms with Crippen LogP contribution in [-0.2, 0) is 0 Å². The Morgan fingerprint density at radius 3 is 2.56 bits per heavy atom. The van der Waals surface area contributed by atoms with Crippen molar-refractivity contribution in [1.29, 1.82) is 0 Å². The Hall–Kier alpha value is -2.62. The minimum atomic E-state index is 0.0877. The van der Waals surface area contributed by atoms with E-state index in [4.69, 9.17) is 0 Å². The molecular formula is C21H25N3O. The first-order chi connectivity index (χ1) is 12.2. The molecule has 1 heterocycles. The molecule has 0 saturated carbocycles. The van der Waals surface area contributed by atoms with Crippen molar-refractivity contribution in [3.05, 3.63) is 59.9 Å². The number of hydrogen-bond donors (Lipinski definition) is 0. The lowest BCUT2D eigenvalue weighted by atomic mass is 10.1. The summed E-state index contributed by atoms with van der Waals surface area (Å²) in [4.78, 5) is 19.4. The molecular weight excluding hydrogens is 310 g/mol. The fourth-order valence-electron chi connectivity index (χ4n) is 3.17. The number of rotatable bonds is 6. The van der Waals surface area contributed by atoms with Crippen LogP contribution in [0.3, 0.4) is 0 Å². The number of imidazole rings is 1. The molecule has 0 N–H and O–H groups in total. The summed E-state index contributed by atoms with van der Waals surface area (Å²) in [7, 11) is 0. The summed E-state index contributed by atoms with van der Waals surface area (Å²) in [5, 5.41) is 0. The summed E-state index contributed by atoms with van der Waals surface area (Å²) < 4.78 is 2.12. The first-order valence-electron chi connectivity index (χ1n) is 8.99. The topological polar surface area (TPSA) is 38.1 Å². The summed E-state index contributed by atoms with van der Waals surface area (Å²) in [6.07, 6.45) is 2.12. The van der Waals surface area contributed by atoms with Crippen molar-refractivity contribution in [2.24, 2.45) is 0 Å². The highest BCUT2D eigenvalue weighted by Crippen LogP contribution is 2.23. The molecule has 0 radical (unpaired) electrons. The van der Waals surface area contributed by atoms with E-state index in [2.05, 4.69) is 28.6 Å². The molecule has 0 aliphatic heterocycles. The molecule has 25 heavy (non-hydrogen) atoms. The Bertz CT molecular complexity index is 867. The zero-order valence-corrected chi connectivity index (χ0v) is 15.2. The molecule has 0 bridgehead atoms. The number of unbranched alkanes of at least 4 members (excludes halogenated alkanes) is 1. The van der Waals surface area contributed by atoms with E-state index in [0.717, 1.165) is 48.5 Å². The van der Waals surface area contributed by atoms with Crippen LogP contribution < -0.4 is 0 Å². The second-order valence-corrected chi connectivity index (χ2v) is 6.27. The number of carbonyl (C=O) groups excluding carboxylic acids is 1. The average molecular weight is 335 g/mol. The van der Waals surface area contributed by atoms with Gasteiger partial charge in [-0.05, 0) is 50.6 Å². The first-order valence-corrected chi connectivity index (χ1v) is 8.99. The smallest absolute Gasteiger partial charge is 0.253 e. The van der Waals surface area contributed by atoms with E-state index in [1.165, 1.54) is 0 Å². The Morgan fingerprint density at radius 2 is 1.88 bits per heavy atom. The highest BCUT2D eigenvalue weighted by Gasteiger charge is 2.16. The molecule has 0 unspecified atom stereocenters. The van der Waals surface area contributed by atoms with Crippen LogP contribution in [0.15, 0.2) is 48.5 Å². The molecule has 0 saturated heterocycles. The largest absolute Gasteiger partial charge is 0.339 e. The van der Waals surface area contributed by atoms with E-state index in [-0.39, 0.29) is 5.91 Å². The van der Waals surface area contributed by atoms with Gasteiger partial charge in [0.15, 0.2) is 0 Å². The third-order valence-corrected chi connectivity index (χ3v) is 4.53. The number of fused-ring (bicyclic) bond motifs is 1. The van der Waals surface area contributed by atoms with Crippen LogP contribution in [0.1, 0.15) is 42.9 Å². The van der Waals surface area contributed by atoms with Crippen molar-refractivity contribution in [3.8, 4) is 5.69 Å². The van der Waals surface area contributed by atoms with Gasteiger partial charge >= 0.3 is 0 Å². The fourth-order valence-corrected chi connectivity index (χ4v) is 3.17. The maximum atomic E-state index is 12.8. The number of aryl methyl sites for hydroxylation is 1. The van der Waals surface area contributed by atoms with Gasteiger partial charge in [0.1, 0.15) is 5.82 Å².